The molecule has 9 heteroatoms. The first-order valence-electron chi connectivity index (χ1n) is 10.6. The van der Waals surface area contributed by atoms with Gasteiger partial charge in [0.25, 0.3) is 0 Å². The lowest BCUT2D eigenvalue weighted by atomic mass is 10.1. The SMILES string of the molecule is C[C@H]1O[C@@H](n2cc(-c3ccc(NC=O)cc3)c3c(Nc4ccccc4)ncnc32)[C@@H](O)[C@H]1O. The number of aliphatic hydroxyl groups excluding tert-OH is 2. The summed E-state index contributed by atoms with van der Waals surface area (Å²) >= 11 is 0. The quantitative estimate of drug-likeness (QED) is 0.337. The van der Waals surface area contributed by atoms with Crippen molar-refractivity contribution < 1.29 is 19.7 Å². The Balaban J connectivity index is 1.67. The summed E-state index contributed by atoms with van der Waals surface area (Å²) in [5.74, 6) is 0.594. The van der Waals surface area contributed by atoms with Gasteiger partial charge in [0.05, 0.1) is 11.5 Å². The lowest BCUT2D eigenvalue weighted by Gasteiger charge is -2.17. The van der Waals surface area contributed by atoms with Crippen molar-refractivity contribution >= 4 is 34.6 Å². The smallest absolute Gasteiger partial charge is 0.211 e. The van der Waals surface area contributed by atoms with E-state index >= 15 is 0 Å². The maximum absolute atomic E-state index is 10.8. The van der Waals surface area contributed by atoms with E-state index in [2.05, 4.69) is 20.6 Å². The van der Waals surface area contributed by atoms with Gasteiger partial charge in [0.1, 0.15) is 30.0 Å². The Bertz CT molecular complexity index is 1280. The van der Waals surface area contributed by atoms with Crippen LogP contribution in [0, 0.1) is 0 Å². The molecule has 33 heavy (non-hydrogen) atoms. The van der Waals surface area contributed by atoms with Gasteiger partial charge in [-0.1, -0.05) is 30.3 Å². The third-order valence-electron chi connectivity index (χ3n) is 5.82. The minimum absolute atomic E-state index is 0.525. The summed E-state index contributed by atoms with van der Waals surface area (Å²) in [6.07, 6.45) is 0.478. The van der Waals surface area contributed by atoms with Crippen molar-refractivity contribution in [3.63, 3.8) is 0 Å². The second kappa shape index (κ2) is 8.62. The molecule has 2 aromatic heterocycles. The summed E-state index contributed by atoms with van der Waals surface area (Å²) < 4.78 is 7.61. The van der Waals surface area contributed by atoms with E-state index < -0.39 is 24.5 Å². The number of rotatable bonds is 6. The lowest BCUT2D eigenvalue weighted by molar-refractivity contribution is -0.105. The maximum atomic E-state index is 10.8. The van der Waals surface area contributed by atoms with E-state index in [1.807, 2.05) is 48.7 Å². The monoisotopic (exact) mass is 445 g/mol. The van der Waals surface area contributed by atoms with Gasteiger partial charge < -0.3 is 30.2 Å². The molecular weight excluding hydrogens is 422 g/mol. The van der Waals surface area contributed by atoms with Gasteiger partial charge in [0, 0.05) is 23.1 Å². The molecule has 1 aliphatic heterocycles. The van der Waals surface area contributed by atoms with Gasteiger partial charge in [0.2, 0.25) is 6.41 Å². The second-order valence-electron chi connectivity index (χ2n) is 7.91. The highest BCUT2D eigenvalue weighted by Gasteiger charge is 2.42. The number of carbonyl (C=O) groups excluding carboxylic acids is 1. The molecule has 168 valence electrons. The van der Waals surface area contributed by atoms with Crippen LogP contribution < -0.4 is 10.6 Å². The third-order valence-corrected chi connectivity index (χ3v) is 5.82. The van der Waals surface area contributed by atoms with Crippen molar-refractivity contribution in [2.45, 2.75) is 31.5 Å². The molecule has 0 saturated carbocycles. The molecule has 2 aromatic carbocycles. The van der Waals surface area contributed by atoms with Crippen molar-refractivity contribution in [2.24, 2.45) is 0 Å². The Kier molecular flexibility index (Phi) is 5.51. The maximum Gasteiger partial charge on any atom is 0.211 e. The van der Waals surface area contributed by atoms with Gasteiger partial charge in [-0.2, -0.15) is 0 Å². The molecule has 0 aliphatic carbocycles. The predicted molar refractivity (Wildman–Crippen MR) is 124 cm³/mol. The number of aliphatic hydroxyl groups is 2. The fourth-order valence-electron chi connectivity index (χ4n) is 4.12. The summed E-state index contributed by atoms with van der Waals surface area (Å²) in [5, 5.41) is 27.6. The van der Waals surface area contributed by atoms with Crippen LogP contribution in [-0.4, -0.2) is 49.5 Å². The zero-order valence-corrected chi connectivity index (χ0v) is 17.8. The average Bonchev–Trinajstić information content (AvgIpc) is 3.34. The van der Waals surface area contributed by atoms with Gasteiger partial charge >= 0.3 is 0 Å². The Morgan fingerprint density at radius 2 is 1.76 bits per heavy atom. The number of nitrogens with zero attached hydrogens (tertiary/aromatic N) is 3. The van der Waals surface area contributed by atoms with Gasteiger partial charge in [-0.15, -0.1) is 0 Å². The number of nitrogens with one attached hydrogen (secondary N) is 2. The highest BCUT2D eigenvalue weighted by Crippen LogP contribution is 2.39. The summed E-state index contributed by atoms with van der Waals surface area (Å²) in [6.45, 7) is 1.72. The first kappa shape index (κ1) is 21.1. The normalized spacial score (nSPS) is 22.4. The van der Waals surface area contributed by atoms with Crippen LogP contribution in [0.4, 0.5) is 17.2 Å². The summed E-state index contributed by atoms with van der Waals surface area (Å²) in [4.78, 5) is 19.7. The predicted octanol–water partition coefficient (Wildman–Crippen LogP) is 3.05. The number of anilines is 3. The number of hydrogen-bond acceptors (Lipinski definition) is 7. The van der Waals surface area contributed by atoms with E-state index in [9.17, 15) is 15.0 Å². The minimum atomic E-state index is -1.11. The molecular formula is C24H23N5O4. The Morgan fingerprint density at radius 1 is 1.00 bits per heavy atom. The van der Waals surface area contributed by atoms with Crippen molar-refractivity contribution in [3.8, 4) is 11.1 Å². The molecule has 4 N–H and O–H groups in total. The van der Waals surface area contributed by atoms with Crippen LogP contribution >= 0.6 is 0 Å². The number of benzene rings is 2. The van der Waals surface area contributed by atoms with E-state index in [1.54, 1.807) is 23.6 Å². The molecule has 4 aromatic rings. The topological polar surface area (TPSA) is 122 Å². The van der Waals surface area contributed by atoms with Crippen LogP contribution in [0.5, 0.6) is 0 Å². The van der Waals surface area contributed by atoms with E-state index in [0.717, 1.165) is 22.2 Å². The molecule has 1 fully saturated rings. The molecule has 0 bridgehead atoms. The molecule has 1 amide bonds. The second-order valence-corrected chi connectivity index (χ2v) is 7.91. The van der Waals surface area contributed by atoms with Crippen LogP contribution in [-0.2, 0) is 9.53 Å². The molecule has 1 saturated heterocycles. The molecule has 4 atom stereocenters. The molecule has 0 spiro atoms. The van der Waals surface area contributed by atoms with Crippen molar-refractivity contribution in [1.29, 1.82) is 0 Å². The van der Waals surface area contributed by atoms with Crippen LogP contribution in [0.25, 0.3) is 22.2 Å². The molecule has 0 unspecified atom stereocenters. The summed E-state index contributed by atoms with van der Waals surface area (Å²) in [5.41, 5.74) is 3.76. The molecule has 0 radical (unpaired) electrons. The number of hydrogen-bond donors (Lipinski definition) is 4. The Labute approximate surface area is 189 Å². The average molecular weight is 445 g/mol. The summed E-state index contributed by atoms with van der Waals surface area (Å²) in [6, 6.07) is 17.0. The number of aromatic nitrogens is 3. The van der Waals surface area contributed by atoms with Crippen LogP contribution in [0.1, 0.15) is 13.2 Å². The molecule has 9 nitrogen and oxygen atoms in total. The standard InChI is InChI=1S/C24H23N5O4/c1-14-20(31)21(32)24(33-14)29-11-18(15-7-9-16(10-8-15)27-13-30)19-22(25-12-26-23(19)29)28-17-5-3-2-4-6-17/h2-14,20-21,24,31-32H,1H3,(H,27,30)(H,25,26,28)/t14-,20+,21+,24-/m1/s1. The zero-order chi connectivity index (χ0) is 22.9. The fraction of sp³-hybridized carbons (Fsp3) is 0.208. The van der Waals surface area contributed by atoms with E-state index in [-0.39, 0.29) is 0 Å². The Morgan fingerprint density at radius 3 is 2.42 bits per heavy atom. The lowest BCUT2D eigenvalue weighted by Crippen LogP contribution is -2.30. The van der Waals surface area contributed by atoms with Gasteiger partial charge in [0.15, 0.2) is 6.23 Å². The zero-order valence-electron chi connectivity index (χ0n) is 17.8. The first-order valence-corrected chi connectivity index (χ1v) is 10.6. The highest BCUT2D eigenvalue weighted by molar-refractivity contribution is 6.02. The first-order chi connectivity index (χ1) is 16.1. The van der Waals surface area contributed by atoms with E-state index in [0.29, 0.717) is 23.6 Å². The fourth-order valence-corrected chi connectivity index (χ4v) is 4.12. The highest BCUT2D eigenvalue weighted by atomic mass is 16.6. The Hall–Kier alpha value is -3.79. The van der Waals surface area contributed by atoms with Crippen LogP contribution in [0.15, 0.2) is 67.1 Å². The van der Waals surface area contributed by atoms with E-state index in [1.165, 1.54) is 6.33 Å². The van der Waals surface area contributed by atoms with E-state index in [4.69, 9.17) is 4.74 Å². The van der Waals surface area contributed by atoms with Gasteiger partial charge in [-0.05, 0) is 36.8 Å². The number of fused-ring (bicyclic) bond motifs is 1. The van der Waals surface area contributed by atoms with Crippen molar-refractivity contribution in [2.75, 3.05) is 10.6 Å². The van der Waals surface area contributed by atoms with Crippen LogP contribution in [0.2, 0.25) is 0 Å². The molecule has 1 aliphatic rings. The molecule has 3 heterocycles. The third kappa shape index (κ3) is 3.82. The van der Waals surface area contributed by atoms with Gasteiger partial charge in [-0.3, -0.25) is 4.79 Å². The summed E-state index contributed by atoms with van der Waals surface area (Å²) in [7, 11) is 0. The van der Waals surface area contributed by atoms with Crippen molar-refractivity contribution in [1.82, 2.24) is 14.5 Å². The number of ether oxygens (including phenoxy) is 1. The largest absolute Gasteiger partial charge is 0.388 e. The minimum Gasteiger partial charge on any atom is -0.388 e. The molecule has 5 rings (SSSR count). The van der Waals surface area contributed by atoms with Gasteiger partial charge in [-0.25, -0.2) is 9.97 Å². The number of carbonyl (C=O) groups is 1. The number of amides is 1. The van der Waals surface area contributed by atoms with Crippen molar-refractivity contribution in [3.05, 3.63) is 67.1 Å². The van der Waals surface area contributed by atoms with Crippen LogP contribution in [0.3, 0.4) is 0 Å². The number of para-hydroxylation sites is 1.